The van der Waals surface area contributed by atoms with Gasteiger partial charge in [-0.15, -0.1) is 0 Å². The zero-order valence-electron chi connectivity index (χ0n) is 19.4. The molecular formula is C26H29FN2O5. The third-order valence-electron chi connectivity index (χ3n) is 5.64. The van der Waals surface area contributed by atoms with E-state index in [4.69, 9.17) is 4.74 Å². The first-order valence-electron chi connectivity index (χ1n) is 11.4. The largest absolute Gasteiger partial charge is 0.457 e. The van der Waals surface area contributed by atoms with Crippen molar-refractivity contribution in [1.82, 2.24) is 4.90 Å². The van der Waals surface area contributed by atoms with E-state index in [2.05, 4.69) is 5.32 Å². The standard InChI is InChI=1S/C26H29FN2O5/c1-17(2)15-24(31)28-22-9-5-18(6-10-22)23(30)16-34-26(33)20-11-13-29(14-12-20)25(32)19-3-7-21(27)8-4-19/h3-10,17,20H,11-16H2,1-2H3,(H,28,31). The lowest BCUT2D eigenvalue weighted by atomic mass is 9.96. The molecule has 7 nitrogen and oxygen atoms in total. The zero-order chi connectivity index (χ0) is 24.7. The minimum atomic E-state index is -0.459. The molecule has 2 aromatic rings. The summed E-state index contributed by atoms with van der Waals surface area (Å²) in [5.74, 6) is -1.63. The fourth-order valence-electron chi connectivity index (χ4n) is 3.75. The summed E-state index contributed by atoms with van der Waals surface area (Å²) in [5, 5.41) is 2.78. The number of rotatable bonds is 8. The lowest BCUT2D eigenvalue weighted by molar-refractivity contribution is -0.148. The third-order valence-corrected chi connectivity index (χ3v) is 5.64. The molecule has 3 rings (SSSR count). The van der Waals surface area contributed by atoms with Gasteiger partial charge in [-0.1, -0.05) is 13.8 Å². The van der Waals surface area contributed by atoms with E-state index >= 15 is 0 Å². The van der Waals surface area contributed by atoms with Crippen LogP contribution in [0.25, 0.3) is 0 Å². The highest BCUT2D eigenvalue weighted by molar-refractivity contribution is 5.99. The predicted octanol–water partition coefficient (Wildman–Crippen LogP) is 4.09. The minimum absolute atomic E-state index is 0.0894. The van der Waals surface area contributed by atoms with E-state index in [-0.39, 0.29) is 36.0 Å². The summed E-state index contributed by atoms with van der Waals surface area (Å²) in [6.45, 7) is 4.31. The lowest BCUT2D eigenvalue weighted by Crippen LogP contribution is -2.40. The number of hydrogen-bond donors (Lipinski definition) is 1. The summed E-state index contributed by atoms with van der Waals surface area (Å²) in [6, 6.07) is 11.8. The molecule has 0 saturated carbocycles. The molecule has 0 unspecified atom stereocenters. The van der Waals surface area contributed by atoms with Gasteiger partial charge in [-0.05, 0) is 67.3 Å². The number of Topliss-reactive ketones (excluding diaryl/α,β-unsaturated/α-hetero) is 1. The monoisotopic (exact) mass is 468 g/mol. The zero-order valence-corrected chi connectivity index (χ0v) is 19.4. The molecule has 1 N–H and O–H groups in total. The number of benzene rings is 2. The van der Waals surface area contributed by atoms with Crippen LogP contribution in [0, 0.1) is 17.7 Å². The van der Waals surface area contributed by atoms with Crippen LogP contribution in [0.3, 0.4) is 0 Å². The van der Waals surface area contributed by atoms with Crippen LogP contribution in [-0.2, 0) is 14.3 Å². The predicted molar refractivity (Wildman–Crippen MR) is 125 cm³/mol. The highest BCUT2D eigenvalue weighted by atomic mass is 19.1. The van der Waals surface area contributed by atoms with Crippen molar-refractivity contribution in [3.63, 3.8) is 0 Å². The van der Waals surface area contributed by atoms with E-state index in [1.807, 2.05) is 13.8 Å². The molecule has 0 spiro atoms. The Morgan fingerprint density at radius 2 is 1.56 bits per heavy atom. The maximum absolute atomic E-state index is 13.1. The van der Waals surface area contributed by atoms with Crippen LogP contribution >= 0.6 is 0 Å². The number of ether oxygens (including phenoxy) is 1. The Balaban J connectivity index is 1.43. The van der Waals surface area contributed by atoms with Crippen molar-refractivity contribution in [2.24, 2.45) is 11.8 Å². The summed E-state index contributed by atoms with van der Waals surface area (Å²) in [4.78, 5) is 50.8. The molecule has 1 aliphatic heterocycles. The van der Waals surface area contributed by atoms with E-state index in [9.17, 15) is 23.6 Å². The number of nitrogens with zero attached hydrogens (tertiary/aromatic N) is 1. The molecule has 1 aliphatic rings. The minimum Gasteiger partial charge on any atom is -0.457 e. The van der Waals surface area contributed by atoms with Crippen molar-refractivity contribution >= 4 is 29.3 Å². The van der Waals surface area contributed by atoms with Crippen molar-refractivity contribution in [2.45, 2.75) is 33.1 Å². The Morgan fingerprint density at radius 3 is 2.15 bits per heavy atom. The average molecular weight is 469 g/mol. The fraction of sp³-hybridized carbons (Fsp3) is 0.385. The van der Waals surface area contributed by atoms with Crippen molar-refractivity contribution in [1.29, 1.82) is 0 Å². The van der Waals surface area contributed by atoms with Gasteiger partial charge >= 0.3 is 5.97 Å². The second-order valence-corrected chi connectivity index (χ2v) is 8.83. The van der Waals surface area contributed by atoms with Crippen molar-refractivity contribution in [3.05, 3.63) is 65.5 Å². The number of halogens is 1. The van der Waals surface area contributed by atoms with Crippen molar-refractivity contribution in [2.75, 3.05) is 25.0 Å². The molecular weight excluding hydrogens is 439 g/mol. The fourth-order valence-corrected chi connectivity index (χ4v) is 3.75. The molecule has 2 amide bonds. The molecule has 8 heteroatoms. The molecule has 0 bridgehead atoms. The summed E-state index contributed by atoms with van der Waals surface area (Å²) in [7, 11) is 0. The number of carbonyl (C=O) groups excluding carboxylic acids is 4. The molecule has 34 heavy (non-hydrogen) atoms. The van der Waals surface area contributed by atoms with E-state index in [0.29, 0.717) is 49.2 Å². The Labute approximate surface area is 198 Å². The maximum atomic E-state index is 13.1. The van der Waals surface area contributed by atoms with Gasteiger partial charge in [0.1, 0.15) is 5.82 Å². The Hall–Kier alpha value is -3.55. The molecule has 0 radical (unpaired) electrons. The van der Waals surface area contributed by atoms with Crippen LogP contribution < -0.4 is 5.32 Å². The van der Waals surface area contributed by atoms with Gasteiger partial charge < -0.3 is 15.0 Å². The number of piperidine rings is 1. The topological polar surface area (TPSA) is 92.8 Å². The summed E-state index contributed by atoms with van der Waals surface area (Å²) in [6.07, 6.45) is 1.28. The smallest absolute Gasteiger partial charge is 0.309 e. The molecule has 1 heterocycles. The van der Waals surface area contributed by atoms with E-state index < -0.39 is 11.8 Å². The second-order valence-electron chi connectivity index (χ2n) is 8.83. The molecule has 2 aromatic carbocycles. The van der Waals surface area contributed by atoms with E-state index in [1.54, 1.807) is 29.2 Å². The molecule has 1 fully saturated rings. The van der Waals surface area contributed by atoms with Crippen LogP contribution in [0.1, 0.15) is 53.8 Å². The Bertz CT molecular complexity index is 1030. The number of ketones is 1. The van der Waals surface area contributed by atoms with Crippen LogP contribution in [0.4, 0.5) is 10.1 Å². The van der Waals surface area contributed by atoms with Gasteiger partial charge in [0.25, 0.3) is 5.91 Å². The van der Waals surface area contributed by atoms with Gasteiger partial charge in [0, 0.05) is 36.3 Å². The number of amides is 2. The van der Waals surface area contributed by atoms with Gasteiger partial charge in [0.05, 0.1) is 5.92 Å². The molecule has 180 valence electrons. The van der Waals surface area contributed by atoms with E-state index in [0.717, 1.165) is 0 Å². The number of nitrogens with one attached hydrogen (secondary N) is 1. The third kappa shape index (κ3) is 6.97. The Morgan fingerprint density at radius 1 is 0.971 bits per heavy atom. The Kier molecular flexibility index (Phi) is 8.51. The second kappa shape index (κ2) is 11.5. The summed E-state index contributed by atoms with van der Waals surface area (Å²) >= 11 is 0. The van der Waals surface area contributed by atoms with Crippen LogP contribution in [0.15, 0.2) is 48.5 Å². The SMILES string of the molecule is CC(C)CC(=O)Nc1ccc(C(=O)COC(=O)C2CCN(C(=O)c3ccc(F)cc3)CC2)cc1. The van der Waals surface area contributed by atoms with Gasteiger partial charge in [0.2, 0.25) is 5.91 Å². The summed E-state index contributed by atoms with van der Waals surface area (Å²) < 4.78 is 18.3. The lowest BCUT2D eigenvalue weighted by Gasteiger charge is -2.31. The molecule has 1 saturated heterocycles. The first kappa shape index (κ1) is 25.1. The number of hydrogen-bond acceptors (Lipinski definition) is 5. The van der Waals surface area contributed by atoms with Gasteiger partial charge in [-0.25, -0.2) is 4.39 Å². The number of likely N-dealkylation sites (tertiary alicyclic amines) is 1. The highest BCUT2D eigenvalue weighted by Gasteiger charge is 2.29. The molecule has 0 atom stereocenters. The first-order valence-corrected chi connectivity index (χ1v) is 11.4. The first-order chi connectivity index (χ1) is 16.2. The summed E-state index contributed by atoms with van der Waals surface area (Å²) in [5.41, 5.74) is 1.38. The normalized spacial score (nSPS) is 14.1. The molecule has 0 aliphatic carbocycles. The molecule has 0 aromatic heterocycles. The van der Waals surface area contributed by atoms with Gasteiger partial charge in [0.15, 0.2) is 12.4 Å². The van der Waals surface area contributed by atoms with E-state index in [1.165, 1.54) is 24.3 Å². The number of carbonyl (C=O) groups is 4. The van der Waals surface area contributed by atoms with Crippen LogP contribution in [0.2, 0.25) is 0 Å². The van der Waals surface area contributed by atoms with Gasteiger partial charge in [-0.3, -0.25) is 19.2 Å². The van der Waals surface area contributed by atoms with Gasteiger partial charge in [-0.2, -0.15) is 0 Å². The number of anilines is 1. The quantitative estimate of drug-likeness (QED) is 0.465. The average Bonchev–Trinajstić information content (AvgIpc) is 2.82. The van der Waals surface area contributed by atoms with Crippen molar-refractivity contribution < 1.29 is 28.3 Å². The van der Waals surface area contributed by atoms with Crippen molar-refractivity contribution in [3.8, 4) is 0 Å². The van der Waals surface area contributed by atoms with Crippen LogP contribution in [-0.4, -0.2) is 48.2 Å². The maximum Gasteiger partial charge on any atom is 0.309 e. The van der Waals surface area contributed by atoms with Crippen LogP contribution in [0.5, 0.6) is 0 Å². The highest BCUT2D eigenvalue weighted by Crippen LogP contribution is 2.21. The number of esters is 1.